The molecule has 1 heterocycles. The van der Waals surface area contributed by atoms with Gasteiger partial charge < -0.3 is 14.2 Å². The van der Waals surface area contributed by atoms with Crippen LogP contribution in [0.15, 0.2) is 23.5 Å². The van der Waals surface area contributed by atoms with Gasteiger partial charge >= 0.3 is 5.97 Å². The van der Waals surface area contributed by atoms with E-state index in [1.807, 2.05) is 0 Å². The predicted octanol–water partition coefficient (Wildman–Crippen LogP) is 4.54. The van der Waals surface area contributed by atoms with Gasteiger partial charge in [0.25, 0.3) is 0 Å². The highest BCUT2D eigenvalue weighted by atomic mass is 19.2. The number of rotatable bonds is 4. The Balaban J connectivity index is 1.77. The number of hydrogen-bond acceptors (Lipinski definition) is 5. The summed E-state index contributed by atoms with van der Waals surface area (Å²) in [6.07, 6.45) is 0. The average molecular weight is 428 g/mol. The summed E-state index contributed by atoms with van der Waals surface area (Å²) in [7, 11) is 0. The molecule has 0 aromatic heterocycles. The molecule has 2 aromatic carbocycles. The molecule has 0 radical (unpaired) electrons. The molecule has 0 aliphatic carbocycles. The molecule has 0 saturated carbocycles. The predicted molar refractivity (Wildman–Crippen MR) is 91.9 cm³/mol. The molecule has 5 nitrogen and oxygen atoms in total. The van der Waals surface area contributed by atoms with E-state index in [-0.39, 0.29) is 23.0 Å². The van der Waals surface area contributed by atoms with Crippen LogP contribution in [0.3, 0.4) is 0 Å². The van der Waals surface area contributed by atoms with Gasteiger partial charge in [0, 0.05) is 6.07 Å². The van der Waals surface area contributed by atoms with Crippen LogP contribution in [0.25, 0.3) is 0 Å². The Kier molecular flexibility index (Phi) is 5.51. The van der Waals surface area contributed by atoms with Gasteiger partial charge in [-0.05, 0) is 38.0 Å². The van der Waals surface area contributed by atoms with E-state index in [9.17, 15) is 31.5 Å². The first kappa shape index (κ1) is 21.3. The lowest BCUT2D eigenvalue weighted by molar-refractivity contribution is -0.136. The molecule has 0 unspecified atom stereocenters. The third-order valence-electron chi connectivity index (χ3n) is 4.11. The maximum atomic E-state index is 13.6. The zero-order valence-corrected chi connectivity index (χ0v) is 15.8. The van der Waals surface area contributed by atoms with E-state index >= 15 is 0 Å². The van der Waals surface area contributed by atoms with Crippen LogP contribution in [0.2, 0.25) is 0 Å². The van der Waals surface area contributed by atoms with Crippen molar-refractivity contribution < 1.29 is 45.8 Å². The SMILES string of the molecule is CC(C)=C1Oc2cc(OC(=O)COc3c(F)c(F)c(F)c(F)c3F)cc(C)c2C1=O. The van der Waals surface area contributed by atoms with E-state index in [1.54, 1.807) is 20.8 Å². The molecule has 30 heavy (non-hydrogen) atoms. The number of carbonyl (C=O) groups excluding carboxylic acids is 2. The monoisotopic (exact) mass is 428 g/mol. The van der Waals surface area contributed by atoms with E-state index in [4.69, 9.17) is 9.47 Å². The maximum absolute atomic E-state index is 13.6. The van der Waals surface area contributed by atoms with E-state index in [1.165, 1.54) is 12.1 Å². The molecule has 2 aromatic rings. The van der Waals surface area contributed by atoms with E-state index in [2.05, 4.69) is 4.74 Å². The Morgan fingerprint density at radius 1 is 0.967 bits per heavy atom. The summed E-state index contributed by atoms with van der Waals surface area (Å²) in [5.74, 6) is -14.1. The normalized spacial score (nSPS) is 12.5. The molecule has 0 fully saturated rings. The van der Waals surface area contributed by atoms with Gasteiger partial charge in [-0.15, -0.1) is 0 Å². The smallest absolute Gasteiger partial charge is 0.349 e. The fourth-order valence-corrected chi connectivity index (χ4v) is 2.76. The van der Waals surface area contributed by atoms with Crippen molar-refractivity contribution in [2.45, 2.75) is 20.8 Å². The summed E-state index contributed by atoms with van der Waals surface area (Å²) in [4.78, 5) is 24.2. The number of Topliss-reactive ketones (excluding diaryl/α,β-unsaturated/α-hetero) is 1. The summed E-state index contributed by atoms with van der Waals surface area (Å²) in [6, 6.07) is 2.61. The molecule has 0 saturated heterocycles. The van der Waals surface area contributed by atoms with Crippen molar-refractivity contribution in [2.75, 3.05) is 6.61 Å². The molecule has 0 N–H and O–H groups in total. The van der Waals surface area contributed by atoms with Crippen molar-refractivity contribution in [3.8, 4) is 17.2 Å². The van der Waals surface area contributed by atoms with Gasteiger partial charge in [0.05, 0.1) is 5.56 Å². The number of fused-ring (bicyclic) bond motifs is 1. The van der Waals surface area contributed by atoms with Gasteiger partial charge in [0.15, 0.2) is 18.1 Å². The number of allylic oxidation sites excluding steroid dienone is 2. The lowest BCUT2D eigenvalue weighted by atomic mass is 10.0. The Hall–Kier alpha value is -3.43. The highest BCUT2D eigenvalue weighted by Crippen LogP contribution is 2.38. The van der Waals surface area contributed by atoms with Crippen LogP contribution in [-0.4, -0.2) is 18.4 Å². The second-order valence-electron chi connectivity index (χ2n) is 6.54. The van der Waals surface area contributed by atoms with Crippen LogP contribution in [0.5, 0.6) is 17.2 Å². The summed E-state index contributed by atoms with van der Waals surface area (Å²) < 4.78 is 81.4. The van der Waals surface area contributed by atoms with Crippen LogP contribution in [-0.2, 0) is 4.79 Å². The second-order valence-corrected chi connectivity index (χ2v) is 6.54. The van der Waals surface area contributed by atoms with Crippen LogP contribution in [0.1, 0.15) is 29.8 Å². The van der Waals surface area contributed by atoms with Crippen molar-refractivity contribution in [1.82, 2.24) is 0 Å². The van der Waals surface area contributed by atoms with Gasteiger partial charge in [-0.2, -0.15) is 8.78 Å². The van der Waals surface area contributed by atoms with Crippen molar-refractivity contribution in [3.05, 3.63) is 63.7 Å². The first-order valence-electron chi connectivity index (χ1n) is 8.42. The lowest BCUT2D eigenvalue weighted by Gasteiger charge is -2.11. The number of carbonyl (C=O) groups is 2. The molecule has 0 spiro atoms. The molecular formula is C20H13F5O5. The molecule has 1 aliphatic heterocycles. The number of aryl methyl sites for hydroxylation is 1. The standard InChI is InChI=1S/C20H13F5O5/c1-7(2)19-18(27)12-8(3)4-9(5-10(12)30-19)29-11(26)6-28-20-16(24)14(22)13(21)15(23)17(20)25/h4-5H,6H2,1-3H3. The molecule has 10 heteroatoms. The highest BCUT2D eigenvalue weighted by Gasteiger charge is 2.31. The number of ether oxygens (including phenoxy) is 3. The second kappa shape index (κ2) is 7.77. The maximum Gasteiger partial charge on any atom is 0.349 e. The topological polar surface area (TPSA) is 61.8 Å². The minimum absolute atomic E-state index is 0.0694. The van der Waals surface area contributed by atoms with Gasteiger partial charge in [0.2, 0.25) is 34.9 Å². The molecular weight excluding hydrogens is 415 g/mol. The quantitative estimate of drug-likeness (QED) is 0.179. The zero-order valence-electron chi connectivity index (χ0n) is 15.8. The number of halogens is 5. The van der Waals surface area contributed by atoms with Crippen molar-refractivity contribution in [2.24, 2.45) is 0 Å². The summed E-state index contributed by atoms with van der Waals surface area (Å²) in [5, 5.41) is 0. The summed E-state index contributed by atoms with van der Waals surface area (Å²) in [5.41, 5.74) is 1.38. The molecule has 1 aliphatic rings. The Bertz CT molecular complexity index is 1090. The zero-order chi connectivity index (χ0) is 22.3. The van der Waals surface area contributed by atoms with E-state index in [0.29, 0.717) is 16.7 Å². The lowest BCUT2D eigenvalue weighted by Crippen LogP contribution is -2.19. The van der Waals surface area contributed by atoms with Gasteiger partial charge in [-0.25, -0.2) is 18.0 Å². The number of hydrogen-bond donors (Lipinski definition) is 0. The fourth-order valence-electron chi connectivity index (χ4n) is 2.76. The number of ketones is 1. The highest BCUT2D eigenvalue weighted by molar-refractivity contribution is 6.13. The van der Waals surface area contributed by atoms with Crippen LogP contribution >= 0.6 is 0 Å². The third-order valence-corrected chi connectivity index (χ3v) is 4.11. The van der Waals surface area contributed by atoms with Crippen molar-refractivity contribution >= 4 is 11.8 Å². The average Bonchev–Trinajstić information content (AvgIpc) is 3.02. The largest absolute Gasteiger partial charge is 0.476 e. The first-order valence-corrected chi connectivity index (χ1v) is 8.42. The van der Waals surface area contributed by atoms with Gasteiger partial charge in [-0.1, -0.05) is 0 Å². The molecule has 3 rings (SSSR count). The first-order chi connectivity index (χ1) is 14.0. The van der Waals surface area contributed by atoms with Crippen molar-refractivity contribution in [1.29, 1.82) is 0 Å². The molecule has 0 amide bonds. The number of benzene rings is 2. The Morgan fingerprint density at radius 3 is 2.10 bits per heavy atom. The van der Waals surface area contributed by atoms with Gasteiger partial charge in [-0.3, -0.25) is 4.79 Å². The third kappa shape index (κ3) is 3.60. The van der Waals surface area contributed by atoms with E-state index in [0.717, 1.165) is 0 Å². The van der Waals surface area contributed by atoms with Crippen LogP contribution in [0, 0.1) is 36.0 Å². The molecule has 0 atom stereocenters. The fraction of sp³-hybridized carbons (Fsp3) is 0.200. The summed E-state index contributed by atoms with van der Waals surface area (Å²) in [6.45, 7) is 3.81. The molecule has 158 valence electrons. The van der Waals surface area contributed by atoms with Crippen LogP contribution < -0.4 is 14.2 Å². The molecule has 0 bridgehead atoms. The van der Waals surface area contributed by atoms with Crippen LogP contribution in [0.4, 0.5) is 22.0 Å². The van der Waals surface area contributed by atoms with E-state index < -0.39 is 47.4 Å². The minimum atomic E-state index is -2.35. The summed E-state index contributed by atoms with van der Waals surface area (Å²) >= 11 is 0. The Labute approximate surface area is 166 Å². The Morgan fingerprint density at radius 2 is 1.53 bits per heavy atom. The number of esters is 1. The minimum Gasteiger partial charge on any atom is -0.476 e. The van der Waals surface area contributed by atoms with Gasteiger partial charge in [0.1, 0.15) is 11.5 Å². The van der Waals surface area contributed by atoms with Crippen molar-refractivity contribution in [3.63, 3.8) is 0 Å².